The smallest absolute Gasteiger partial charge is 0.283 e. The Hall–Kier alpha value is -1.93. The van der Waals surface area contributed by atoms with E-state index in [1.165, 1.54) is 12.1 Å². The van der Waals surface area contributed by atoms with Crippen LogP contribution in [0.15, 0.2) is 18.2 Å². The first-order chi connectivity index (χ1) is 10.5. The summed E-state index contributed by atoms with van der Waals surface area (Å²) in [6.07, 6.45) is 4.39. The zero-order valence-electron chi connectivity index (χ0n) is 11.6. The molecule has 0 bridgehead atoms. The molecule has 1 aliphatic carbocycles. The first-order valence-electron chi connectivity index (χ1n) is 6.78. The molecule has 1 aromatic rings. The van der Waals surface area contributed by atoms with Crippen molar-refractivity contribution < 1.29 is 9.72 Å². The number of rotatable bonds is 3. The van der Waals surface area contributed by atoms with Crippen molar-refractivity contribution in [3.05, 3.63) is 38.9 Å². The van der Waals surface area contributed by atoms with Gasteiger partial charge in [0.1, 0.15) is 5.56 Å². The van der Waals surface area contributed by atoms with Crippen LogP contribution in [-0.2, 0) is 0 Å². The highest BCUT2D eigenvalue weighted by molar-refractivity contribution is 7.80. The Labute approximate surface area is 137 Å². The van der Waals surface area contributed by atoms with E-state index in [9.17, 15) is 14.9 Å². The molecule has 3 N–H and O–H groups in total. The van der Waals surface area contributed by atoms with Crippen molar-refractivity contribution in [1.29, 1.82) is 0 Å². The number of amides is 1. The lowest BCUT2D eigenvalue weighted by Crippen LogP contribution is -2.49. The van der Waals surface area contributed by atoms with Gasteiger partial charge in [-0.15, -0.1) is 0 Å². The third kappa shape index (κ3) is 4.28. The van der Waals surface area contributed by atoms with Crippen LogP contribution in [0.1, 0.15) is 36.0 Å². The van der Waals surface area contributed by atoms with Crippen LogP contribution >= 0.6 is 23.8 Å². The van der Waals surface area contributed by atoms with Gasteiger partial charge in [-0.3, -0.25) is 25.8 Å². The molecule has 0 aromatic heterocycles. The van der Waals surface area contributed by atoms with E-state index in [2.05, 4.69) is 16.2 Å². The first kappa shape index (κ1) is 16.4. The van der Waals surface area contributed by atoms with Crippen LogP contribution in [0.25, 0.3) is 0 Å². The molecule has 0 atom stereocenters. The highest BCUT2D eigenvalue weighted by atomic mass is 35.5. The number of nitro benzene ring substituents is 1. The summed E-state index contributed by atoms with van der Waals surface area (Å²) in [5.41, 5.74) is 4.45. The predicted molar refractivity (Wildman–Crippen MR) is 86.7 cm³/mol. The van der Waals surface area contributed by atoms with Crippen LogP contribution in [0.5, 0.6) is 0 Å². The summed E-state index contributed by atoms with van der Waals surface area (Å²) in [5.74, 6) is -0.654. The molecule has 1 aliphatic rings. The summed E-state index contributed by atoms with van der Waals surface area (Å²) >= 11 is 10.8. The molecule has 118 valence electrons. The Morgan fingerprint density at radius 3 is 2.64 bits per heavy atom. The van der Waals surface area contributed by atoms with Gasteiger partial charge in [0.25, 0.3) is 11.6 Å². The van der Waals surface area contributed by atoms with Gasteiger partial charge in [-0.05, 0) is 37.2 Å². The van der Waals surface area contributed by atoms with Crippen molar-refractivity contribution in [3.8, 4) is 0 Å². The summed E-state index contributed by atoms with van der Waals surface area (Å²) in [7, 11) is 0. The molecule has 0 unspecified atom stereocenters. The quantitative estimate of drug-likeness (QED) is 0.443. The van der Waals surface area contributed by atoms with Gasteiger partial charge in [0.2, 0.25) is 0 Å². The Kier molecular flexibility index (Phi) is 5.51. The van der Waals surface area contributed by atoms with Crippen LogP contribution in [0.3, 0.4) is 0 Å². The maximum absolute atomic E-state index is 12.0. The Bertz CT molecular complexity index is 605. The van der Waals surface area contributed by atoms with Gasteiger partial charge in [-0.1, -0.05) is 24.4 Å². The van der Waals surface area contributed by atoms with Gasteiger partial charge < -0.3 is 5.32 Å². The molecule has 1 fully saturated rings. The number of halogens is 1. The Balaban J connectivity index is 1.94. The fourth-order valence-corrected chi connectivity index (χ4v) is 2.70. The number of nitro groups is 1. The molecule has 22 heavy (non-hydrogen) atoms. The van der Waals surface area contributed by atoms with Crippen LogP contribution in [0.4, 0.5) is 5.69 Å². The molecule has 9 heteroatoms. The molecule has 0 radical (unpaired) electrons. The van der Waals surface area contributed by atoms with Crippen LogP contribution in [0, 0.1) is 10.1 Å². The maximum atomic E-state index is 12.0. The number of hydrazine groups is 1. The average molecular weight is 343 g/mol. The van der Waals surface area contributed by atoms with Gasteiger partial charge in [-0.25, -0.2) is 0 Å². The lowest BCUT2D eigenvalue weighted by atomic mass is 10.2. The molecule has 1 amide bonds. The molecule has 1 saturated carbocycles. The van der Waals surface area contributed by atoms with Crippen LogP contribution in [0.2, 0.25) is 5.02 Å². The van der Waals surface area contributed by atoms with E-state index < -0.39 is 10.8 Å². The fourth-order valence-electron chi connectivity index (χ4n) is 2.32. The van der Waals surface area contributed by atoms with Gasteiger partial charge in [0.15, 0.2) is 5.11 Å². The predicted octanol–water partition coefficient (Wildman–Crippen LogP) is 2.30. The normalized spacial score (nSPS) is 14.4. The highest BCUT2D eigenvalue weighted by Gasteiger charge is 2.21. The molecular weight excluding hydrogens is 328 g/mol. The molecule has 0 heterocycles. The number of benzene rings is 1. The number of nitrogens with zero attached hydrogens (tertiary/aromatic N) is 1. The summed E-state index contributed by atoms with van der Waals surface area (Å²) in [4.78, 5) is 22.3. The van der Waals surface area contributed by atoms with Crippen molar-refractivity contribution >= 4 is 40.5 Å². The van der Waals surface area contributed by atoms with E-state index >= 15 is 0 Å². The van der Waals surface area contributed by atoms with Gasteiger partial charge >= 0.3 is 0 Å². The molecule has 0 saturated heterocycles. The molecule has 0 spiro atoms. The topological polar surface area (TPSA) is 96.3 Å². The number of nitrogens with one attached hydrogen (secondary N) is 3. The van der Waals surface area contributed by atoms with E-state index in [1.54, 1.807) is 0 Å². The van der Waals surface area contributed by atoms with E-state index in [1.807, 2.05) is 0 Å². The van der Waals surface area contributed by atoms with Gasteiger partial charge in [0, 0.05) is 17.1 Å². The Morgan fingerprint density at radius 2 is 2.00 bits per heavy atom. The summed E-state index contributed by atoms with van der Waals surface area (Å²) in [6, 6.07) is 4.15. The second kappa shape index (κ2) is 7.37. The van der Waals surface area contributed by atoms with E-state index in [0.29, 0.717) is 6.04 Å². The number of hydrogen-bond donors (Lipinski definition) is 3. The van der Waals surface area contributed by atoms with E-state index in [4.69, 9.17) is 23.8 Å². The second-order valence-electron chi connectivity index (χ2n) is 4.95. The number of carbonyl (C=O) groups is 1. The summed E-state index contributed by atoms with van der Waals surface area (Å²) in [6.45, 7) is 0. The average Bonchev–Trinajstić information content (AvgIpc) is 2.97. The second-order valence-corrected chi connectivity index (χ2v) is 5.80. The lowest BCUT2D eigenvalue weighted by molar-refractivity contribution is -0.385. The molecular formula is C13H15ClN4O3S. The summed E-state index contributed by atoms with van der Waals surface area (Å²) < 4.78 is 0. The molecule has 2 rings (SSSR count). The SMILES string of the molecule is O=C(NNC(=S)NC1CCCC1)c1ccc(Cl)cc1[N+](=O)[O-]. The first-order valence-corrected chi connectivity index (χ1v) is 7.57. The zero-order valence-corrected chi connectivity index (χ0v) is 13.2. The molecule has 1 aromatic carbocycles. The highest BCUT2D eigenvalue weighted by Crippen LogP contribution is 2.23. The van der Waals surface area contributed by atoms with Crippen LogP contribution < -0.4 is 16.2 Å². The van der Waals surface area contributed by atoms with Crippen molar-refractivity contribution in [2.24, 2.45) is 0 Å². The minimum absolute atomic E-state index is 0.0921. The van der Waals surface area contributed by atoms with Crippen molar-refractivity contribution in [2.75, 3.05) is 0 Å². The van der Waals surface area contributed by atoms with Gasteiger partial charge in [0.05, 0.1) is 4.92 Å². The minimum atomic E-state index is -0.657. The van der Waals surface area contributed by atoms with E-state index in [0.717, 1.165) is 31.7 Å². The molecule has 7 nitrogen and oxygen atoms in total. The van der Waals surface area contributed by atoms with Crippen LogP contribution in [-0.4, -0.2) is 22.0 Å². The number of thiocarbonyl (C=S) groups is 1. The monoisotopic (exact) mass is 342 g/mol. The van der Waals surface area contributed by atoms with Crippen molar-refractivity contribution in [3.63, 3.8) is 0 Å². The lowest BCUT2D eigenvalue weighted by Gasteiger charge is -2.16. The third-order valence-electron chi connectivity index (χ3n) is 3.38. The van der Waals surface area contributed by atoms with Gasteiger partial charge in [-0.2, -0.15) is 0 Å². The maximum Gasteiger partial charge on any atom is 0.283 e. The van der Waals surface area contributed by atoms with Crippen molar-refractivity contribution in [2.45, 2.75) is 31.7 Å². The number of hydrogen-bond acceptors (Lipinski definition) is 4. The third-order valence-corrected chi connectivity index (χ3v) is 3.84. The number of carbonyl (C=O) groups excluding carboxylic acids is 1. The standard InChI is InChI=1S/C13H15ClN4O3S/c14-8-5-6-10(11(7-8)18(20)21)12(19)16-17-13(22)15-9-3-1-2-4-9/h5-7,9H,1-4H2,(H,16,19)(H2,15,17,22). The largest absolute Gasteiger partial charge is 0.359 e. The summed E-state index contributed by atoms with van der Waals surface area (Å²) in [5, 5.41) is 14.5. The fraction of sp³-hybridized carbons (Fsp3) is 0.385. The Morgan fingerprint density at radius 1 is 1.32 bits per heavy atom. The van der Waals surface area contributed by atoms with Crippen molar-refractivity contribution in [1.82, 2.24) is 16.2 Å². The zero-order chi connectivity index (χ0) is 16.1. The molecule has 0 aliphatic heterocycles. The van der Waals surface area contributed by atoms with E-state index in [-0.39, 0.29) is 21.4 Å². The minimum Gasteiger partial charge on any atom is -0.359 e.